The van der Waals surface area contributed by atoms with Crippen molar-refractivity contribution in [3.63, 3.8) is 0 Å². The molecule has 1 aromatic heterocycles. The Kier molecular flexibility index (Phi) is 7.84. The normalized spacial score (nSPS) is 16.9. The van der Waals surface area contributed by atoms with E-state index in [1.165, 1.54) is 4.90 Å². The Bertz CT molecular complexity index is 1210. The molecule has 206 valence electrons. The highest BCUT2D eigenvalue weighted by atomic mass is 16.6. The van der Waals surface area contributed by atoms with E-state index in [0.717, 1.165) is 10.9 Å². The Morgan fingerprint density at radius 2 is 1.37 bits per heavy atom. The Morgan fingerprint density at radius 1 is 0.789 bits per heavy atom. The number of hydrogen-bond donors (Lipinski definition) is 1. The molecule has 2 aliphatic heterocycles. The van der Waals surface area contributed by atoms with Crippen molar-refractivity contribution in [1.29, 1.82) is 0 Å². The molecule has 1 aromatic carbocycles. The number of fused-ring (bicyclic) bond motifs is 1. The lowest BCUT2D eigenvalue weighted by atomic mass is 10.1. The van der Waals surface area contributed by atoms with Crippen molar-refractivity contribution in [2.24, 2.45) is 0 Å². The zero-order valence-corrected chi connectivity index (χ0v) is 23.0. The van der Waals surface area contributed by atoms with Crippen LogP contribution in [0, 0.1) is 0 Å². The highest BCUT2D eigenvalue weighted by Crippen LogP contribution is 2.21. The van der Waals surface area contributed by atoms with Crippen molar-refractivity contribution in [2.75, 3.05) is 66.5 Å². The molecule has 38 heavy (non-hydrogen) atoms. The molecule has 0 bridgehead atoms. The zero-order valence-electron chi connectivity index (χ0n) is 23.0. The van der Waals surface area contributed by atoms with Gasteiger partial charge in [-0.05, 0) is 51.5 Å². The van der Waals surface area contributed by atoms with Crippen LogP contribution in [0.2, 0.25) is 0 Å². The number of nitrogens with one attached hydrogen (secondary N) is 1. The third-order valence-corrected chi connectivity index (χ3v) is 6.75. The van der Waals surface area contributed by atoms with Crippen LogP contribution in [-0.4, -0.2) is 125 Å². The van der Waals surface area contributed by atoms with Gasteiger partial charge < -0.3 is 34.2 Å². The van der Waals surface area contributed by atoms with E-state index < -0.39 is 5.60 Å². The molecule has 5 amide bonds. The number of urea groups is 1. The van der Waals surface area contributed by atoms with Gasteiger partial charge in [0.25, 0.3) is 11.8 Å². The third-order valence-electron chi connectivity index (χ3n) is 6.75. The molecule has 11 heteroatoms. The molecule has 2 aliphatic rings. The molecule has 2 fully saturated rings. The molecule has 11 nitrogen and oxygen atoms in total. The molecule has 0 spiro atoms. The Hall–Kier alpha value is -3.76. The van der Waals surface area contributed by atoms with Gasteiger partial charge in [-0.3, -0.25) is 9.59 Å². The van der Waals surface area contributed by atoms with Crippen molar-refractivity contribution in [3.8, 4) is 0 Å². The minimum Gasteiger partial charge on any atom is -0.444 e. The van der Waals surface area contributed by atoms with Gasteiger partial charge in [-0.2, -0.15) is 0 Å². The van der Waals surface area contributed by atoms with Crippen LogP contribution < -0.4 is 0 Å². The van der Waals surface area contributed by atoms with Crippen molar-refractivity contribution in [1.82, 2.24) is 29.5 Å². The minimum absolute atomic E-state index is 0.0538. The van der Waals surface area contributed by atoms with Gasteiger partial charge in [0.15, 0.2) is 0 Å². The van der Waals surface area contributed by atoms with Crippen molar-refractivity contribution in [3.05, 3.63) is 35.5 Å². The number of benzene rings is 1. The third kappa shape index (κ3) is 6.20. The maximum absolute atomic E-state index is 13.3. The summed E-state index contributed by atoms with van der Waals surface area (Å²) < 4.78 is 5.48. The van der Waals surface area contributed by atoms with E-state index in [1.54, 1.807) is 51.9 Å². The van der Waals surface area contributed by atoms with Gasteiger partial charge in [-0.25, -0.2) is 9.59 Å². The minimum atomic E-state index is -0.565. The molecule has 2 saturated heterocycles. The van der Waals surface area contributed by atoms with Crippen LogP contribution in [0.25, 0.3) is 10.9 Å². The number of rotatable bonds is 2. The second-order valence-electron chi connectivity index (χ2n) is 11.1. The number of nitrogens with zero attached hydrogens (tertiary/aromatic N) is 5. The summed E-state index contributed by atoms with van der Waals surface area (Å²) >= 11 is 0. The highest BCUT2D eigenvalue weighted by molar-refractivity contribution is 6.02. The lowest BCUT2D eigenvalue weighted by molar-refractivity contribution is 0.0255. The molecular formula is C27H38N6O5. The van der Waals surface area contributed by atoms with E-state index in [1.807, 2.05) is 26.8 Å². The number of amides is 5. The lowest BCUT2D eigenvalue weighted by Crippen LogP contribution is -2.52. The summed E-state index contributed by atoms with van der Waals surface area (Å²) in [6.07, 6.45) is 0.312. The van der Waals surface area contributed by atoms with Crippen LogP contribution >= 0.6 is 0 Å². The maximum Gasteiger partial charge on any atom is 0.410 e. The fourth-order valence-electron chi connectivity index (χ4n) is 4.75. The SMILES string of the molecule is CN(C)C(=O)N1CCN(C(=O)c2cc3cc(C(=O)N4CCCN(C(=O)OC(C)(C)C)CC4)ccc3[nH]2)CC1. The predicted molar refractivity (Wildman–Crippen MR) is 143 cm³/mol. The number of piperazine rings is 1. The first-order valence-corrected chi connectivity index (χ1v) is 13.1. The largest absolute Gasteiger partial charge is 0.444 e. The second-order valence-corrected chi connectivity index (χ2v) is 11.1. The Morgan fingerprint density at radius 3 is 2.00 bits per heavy atom. The van der Waals surface area contributed by atoms with E-state index in [4.69, 9.17) is 4.74 Å². The van der Waals surface area contributed by atoms with Crippen LogP contribution in [0.1, 0.15) is 48.0 Å². The predicted octanol–water partition coefficient (Wildman–Crippen LogP) is 2.69. The van der Waals surface area contributed by atoms with Gasteiger partial charge in [0.05, 0.1) is 0 Å². The topological polar surface area (TPSA) is 110 Å². The number of carbonyl (C=O) groups excluding carboxylic acids is 4. The second kappa shape index (κ2) is 10.9. The zero-order chi connectivity index (χ0) is 27.6. The quantitative estimate of drug-likeness (QED) is 0.647. The van der Waals surface area contributed by atoms with Crippen molar-refractivity contribution >= 4 is 34.8 Å². The smallest absolute Gasteiger partial charge is 0.410 e. The monoisotopic (exact) mass is 526 g/mol. The molecule has 0 atom stereocenters. The number of aromatic amines is 1. The van der Waals surface area contributed by atoms with Crippen molar-refractivity contribution in [2.45, 2.75) is 32.8 Å². The van der Waals surface area contributed by atoms with E-state index in [2.05, 4.69) is 4.98 Å². The Balaban J connectivity index is 1.39. The average molecular weight is 527 g/mol. The van der Waals surface area contributed by atoms with Gasteiger partial charge in [0, 0.05) is 82.9 Å². The highest BCUT2D eigenvalue weighted by Gasteiger charge is 2.28. The van der Waals surface area contributed by atoms with E-state index in [0.29, 0.717) is 70.0 Å². The number of ether oxygens (including phenoxy) is 1. The molecular weight excluding hydrogens is 488 g/mol. The Labute approximate surface area is 223 Å². The molecule has 2 aromatic rings. The van der Waals surface area contributed by atoms with Crippen LogP contribution in [-0.2, 0) is 4.74 Å². The van der Waals surface area contributed by atoms with Gasteiger partial charge in [0.2, 0.25) is 0 Å². The van der Waals surface area contributed by atoms with Gasteiger partial charge in [0.1, 0.15) is 11.3 Å². The van der Waals surface area contributed by atoms with Gasteiger partial charge >= 0.3 is 12.1 Å². The summed E-state index contributed by atoms with van der Waals surface area (Å²) in [6.45, 7) is 9.35. The summed E-state index contributed by atoms with van der Waals surface area (Å²) in [6, 6.07) is 7.10. The molecule has 0 unspecified atom stereocenters. The summed E-state index contributed by atoms with van der Waals surface area (Å²) in [5.41, 5.74) is 1.21. The summed E-state index contributed by atoms with van der Waals surface area (Å²) in [5, 5.41) is 0.783. The maximum atomic E-state index is 13.3. The molecule has 0 radical (unpaired) electrons. The number of aromatic nitrogens is 1. The van der Waals surface area contributed by atoms with Gasteiger partial charge in [-0.15, -0.1) is 0 Å². The molecule has 0 aliphatic carbocycles. The molecule has 4 rings (SSSR count). The van der Waals surface area contributed by atoms with E-state index in [-0.39, 0.29) is 23.9 Å². The first-order valence-electron chi connectivity index (χ1n) is 13.1. The van der Waals surface area contributed by atoms with Crippen LogP contribution in [0.5, 0.6) is 0 Å². The molecule has 3 heterocycles. The number of carbonyl (C=O) groups is 4. The average Bonchev–Trinajstić information content (AvgIpc) is 3.14. The number of H-pyrrole nitrogens is 1. The van der Waals surface area contributed by atoms with Gasteiger partial charge in [-0.1, -0.05) is 0 Å². The van der Waals surface area contributed by atoms with Crippen LogP contribution in [0.3, 0.4) is 0 Å². The summed E-state index contributed by atoms with van der Waals surface area (Å²) in [4.78, 5) is 62.6. The first-order chi connectivity index (χ1) is 17.9. The van der Waals surface area contributed by atoms with Crippen molar-refractivity contribution < 1.29 is 23.9 Å². The molecule has 1 N–H and O–H groups in total. The summed E-state index contributed by atoms with van der Waals surface area (Å²) in [5.74, 6) is -0.227. The lowest BCUT2D eigenvalue weighted by Gasteiger charge is -2.35. The van der Waals surface area contributed by atoms with Crippen LogP contribution in [0.15, 0.2) is 24.3 Å². The fourth-order valence-corrected chi connectivity index (χ4v) is 4.75. The van der Waals surface area contributed by atoms with E-state index in [9.17, 15) is 19.2 Å². The summed E-state index contributed by atoms with van der Waals surface area (Å²) in [7, 11) is 3.43. The first kappa shape index (κ1) is 27.3. The van der Waals surface area contributed by atoms with E-state index >= 15 is 0 Å². The molecule has 0 saturated carbocycles. The van der Waals surface area contributed by atoms with Crippen LogP contribution in [0.4, 0.5) is 9.59 Å². The fraction of sp³-hybridized carbons (Fsp3) is 0.556. The standard InChI is InChI=1S/C27H38N6O5/c1-27(2,3)38-26(37)33-10-6-9-30(13-16-33)23(34)19-7-8-21-20(17-19)18-22(28-21)24(35)31-11-14-32(15-12-31)25(36)29(4)5/h7-8,17-18,28H,6,9-16H2,1-5H3. The number of hydrogen-bond acceptors (Lipinski definition) is 5.